The number of β-amino-alcohol motifs (C(OH)–C–C–N with tert-alkyl or cyclic N) is 1. The van der Waals surface area contributed by atoms with Gasteiger partial charge in [-0.05, 0) is 105 Å². The average Bonchev–Trinajstić information content (AvgIpc) is 1.57. The van der Waals surface area contributed by atoms with Gasteiger partial charge in [0.1, 0.15) is 64.2 Å². The predicted octanol–water partition coefficient (Wildman–Crippen LogP) is -5.74. The summed E-state index contributed by atoms with van der Waals surface area (Å²) >= 11 is 1.21. The molecular formula is C59H77N10NaO22S2. The molecule has 4 aromatic rings. The molecule has 8 amide bonds. The first-order valence-corrected chi connectivity index (χ1v) is 31.2. The maximum atomic E-state index is 14.7. The fourth-order valence-electron chi connectivity index (χ4n) is 11.0. The molecule has 7 rings (SSSR count). The van der Waals surface area contributed by atoms with Crippen LogP contribution in [0.4, 0.5) is 0 Å². The number of carbonyl (C=O) groups is 8. The molecule has 0 saturated carbocycles. The Morgan fingerprint density at radius 3 is 2.13 bits per heavy atom. The largest absolute Gasteiger partial charge is 1.00 e. The van der Waals surface area contributed by atoms with Crippen LogP contribution in [-0.4, -0.2) is 221 Å². The normalized spacial score (nSPS) is 24.6. The number of rotatable bonds is 23. The number of hydrogen-bond donors (Lipinski definition) is 14. The Bertz CT molecular complexity index is 3300. The van der Waals surface area contributed by atoms with Crippen molar-refractivity contribution in [1.82, 2.24) is 46.6 Å². The number of nitrogens with two attached hydrogens (primary N) is 1. The molecule has 15 N–H and O–H groups in total. The van der Waals surface area contributed by atoms with Crippen LogP contribution in [0.15, 0.2) is 54.6 Å². The number of unbranched alkanes of at least 4 members (excludes halogenated alkanes) is 3. The molecule has 508 valence electrons. The zero-order valence-corrected chi connectivity index (χ0v) is 55.9. The Labute approximate surface area is 569 Å². The molecule has 1 aromatic heterocycles. The van der Waals surface area contributed by atoms with Gasteiger partial charge in [-0.3, -0.25) is 43.4 Å². The van der Waals surface area contributed by atoms with Crippen LogP contribution in [0.5, 0.6) is 17.2 Å². The number of aliphatic hydroxyl groups excluding tert-OH is 7. The molecule has 0 bridgehead atoms. The summed E-state index contributed by atoms with van der Waals surface area (Å²) < 4.78 is 20.1. The third kappa shape index (κ3) is 19.5. The van der Waals surface area contributed by atoms with E-state index in [1.807, 2.05) is 24.3 Å². The Morgan fingerprint density at radius 2 is 1.46 bits per heavy atom. The first kappa shape index (κ1) is 76.3. The van der Waals surface area contributed by atoms with Crippen LogP contribution in [0.1, 0.15) is 91.9 Å². The number of benzene rings is 3. The van der Waals surface area contributed by atoms with E-state index in [1.165, 1.54) is 24.3 Å². The van der Waals surface area contributed by atoms with Gasteiger partial charge < -0.3 is 102 Å². The van der Waals surface area contributed by atoms with Crippen molar-refractivity contribution in [3.63, 3.8) is 0 Å². The molecule has 3 saturated heterocycles. The van der Waals surface area contributed by atoms with E-state index in [2.05, 4.69) is 46.2 Å². The maximum absolute atomic E-state index is 14.7. The quantitative estimate of drug-likeness (QED) is 0.0108. The number of aromatic hydroxyl groups is 1. The van der Waals surface area contributed by atoms with Crippen LogP contribution in [0.2, 0.25) is 0 Å². The molecule has 35 heteroatoms. The number of fused-ring (bicyclic) bond motifs is 2. The van der Waals surface area contributed by atoms with Crippen molar-refractivity contribution >= 4 is 70.9 Å². The molecule has 3 fully saturated rings. The minimum atomic E-state index is -2.54. The minimum Gasteiger partial charge on any atom is -0.691 e. The molecule has 14 atom stereocenters. The number of carbonyl (C=O) groups excluding carboxylic acids is 8. The monoisotopic (exact) mass is 1360 g/mol. The van der Waals surface area contributed by atoms with Crippen molar-refractivity contribution < 1.29 is 137 Å². The summed E-state index contributed by atoms with van der Waals surface area (Å²) in [7, 11) is 1.68. The molecule has 3 aliphatic heterocycles. The van der Waals surface area contributed by atoms with Gasteiger partial charge in [0.25, 0.3) is 18.2 Å². The topological polar surface area (TPSA) is 486 Å². The Kier molecular flexibility index (Phi) is 28.7. The summed E-state index contributed by atoms with van der Waals surface area (Å²) in [6.45, 7) is 5.29. The number of nitrogens with zero attached hydrogens (tertiary/aromatic N) is 4. The third-order valence-electron chi connectivity index (χ3n) is 16.0. The van der Waals surface area contributed by atoms with E-state index in [-0.39, 0.29) is 53.0 Å². The van der Waals surface area contributed by atoms with Crippen molar-refractivity contribution in [3.05, 3.63) is 76.9 Å². The summed E-state index contributed by atoms with van der Waals surface area (Å²) in [5.74, 6) is -11.3. The first-order valence-electron chi connectivity index (χ1n) is 29.7. The van der Waals surface area contributed by atoms with Gasteiger partial charge in [0.05, 0.1) is 43.5 Å². The van der Waals surface area contributed by atoms with Gasteiger partial charge in [0.2, 0.25) is 41.4 Å². The van der Waals surface area contributed by atoms with E-state index in [0.717, 1.165) is 72.8 Å². The SMILES string of the molecule is COCCCCCCOc1ccc(-c2nnc(-c3cc(C)c(C(=O)N[C@H]4CC(O)CNC(=O)C5C(O)C(C)CN5C(=O)C(C(O)CC(N)=O)NC(=O)C(C(O)C(O)c5ccc(O)c(OSOO[O-])c5)NC(=O)C5CC(O)CN5C(=O)C(C(C)O)NC4=O)cc3C)s2)cc1.[Na+]. The van der Waals surface area contributed by atoms with E-state index < -0.39 is 183 Å². The number of aryl methyl sites for hydroxylation is 2. The Balaban J connectivity index is 0.0000140. The minimum absolute atomic E-state index is 0. The number of methoxy groups -OCH3 is 1. The van der Waals surface area contributed by atoms with Crippen molar-refractivity contribution in [3.8, 4) is 38.4 Å². The van der Waals surface area contributed by atoms with Crippen LogP contribution in [0.3, 0.4) is 0 Å². The number of aliphatic hydroxyl groups is 7. The molecule has 94 heavy (non-hydrogen) atoms. The number of primary amides is 1. The standard InChI is InChI=1S/C59H78N10O22S2.Na/c1-27-19-37(57-67-66-56(92-57)31-10-13-35(14-11-31)88-17-9-7-6-8-16-87-5)28(2)18-36(27)51(79)62-38-21-33(71)24-61-55(83)47-48(76)29(3)25-69(47)59(85)45(41(74)23-43(60)75)64-54(82)46(50(78)49(77)32-12-15-40(73)42(20-32)89-93-91-90-86)65-53(81)39-22-34(72)26-68(39)58(84)44(30(4)70)63-52(38)80;/h10-15,18-20,29-30,33-34,38-39,41,44-50,70-74,76-78,86H,6-9,16-17,21-26H2,1-5H3,(H2,60,75)(H,61,83)(H,62,79)(H,63,80)(H,64,82)(H,65,81);/q;+1/p-1/t29?,30?,33?,34?,38-,39?,41?,44?,45?,46?,47?,48?,49?,50?;/m0./s1. The van der Waals surface area contributed by atoms with E-state index in [1.54, 1.807) is 27.0 Å². The molecule has 3 aliphatic rings. The number of phenols is 1. The molecule has 32 nitrogen and oxygen atoms in total. The predicted molar refractivity (Wildman–Crippen MR) is 325 cm³/mol. The van der Waals surface area contributed by atoms with Crippen LogP contribution in [-0.2, 0) is 47.7 Å². The van der Waals surface area contributed by atoms with Gasteiger partial charge in [0, 0.05) is 68.8 Å². The van der Waals surface area contributed by atoms with E-state index in [0.29, 0.717) is 39.1 Å². The van der Waals surface area contributed by atoms with Crippen LogP contribution >= 0.6 is 23.7 Å². The zero-order valence-electron chi connectivity index (χ0n) is 52.2. The second-order valence-electron chi connectivity index (χ2n) is 23.0. The molecule has 0 aliphatic carbocycles. The van der Waals surface area contributed by atoms with Crippen LogP contribution in [0, 0.1) is 19.8 Å². The molecule has 13 unspecified atom stereocenters. The summed E-state index contributed by atoms with van der Waals surface area (Å²) in [6, 6.07) is 1.19. The average molecular weight is 1370 g/mol. The van der Waals surface area contributed by atoms with Gasteiger partial charge >= 0.3 is 29.6 Å². The smallest absolute Gasteiger partial charge is 0.691 e. The summed E-state index contributed by atoms with van der Waals surface area (Å²) in [4.78, 5) is 116. The number of aromatic nitrogens is 2. The van der Waals surface area contributed by atoms with Crippen molar-refractivity contribution in [1.29, 1.82) is 0 Å². The summed E-state index contributed by atoms with van der Waals surface area (Å²) in [5, 5.41) is 126. The van der Waals surface area contributed by atoms with Crippen LogP contribution < -0.4 is 76.1 Å². The molecule has 3 aromatic carbocycles. The van der Waals surface area contributed by atoms with Crippen LogP contribution in [0.25, 0.3) is 21.1 Å². The molecule has 4 heterocycles. The number of phenolic OH excluding ortho intramolecular Hbond substituents is 1. The van der Waals surface area contributed by atoms with E-state index >= 15 is 0 Å². The third-order valence-corrected chi connectivity index (χ3v) is 17.4. The van der Waals surface area contributed by atoms with Gasteiger partial charge in [-0.15, -0.1) is 14.5 Å². The number of nitrogens with one attached hydrogen (secondary N) is 5. The second-order valence-corrected chi connectivity index (χ2v) is 24.4. The number of amides is 8. The van der Waals surface area contributed by atoms with Crippen molar-refractivity contribution in [2.75, 3.05) is 40.0 Å². The Morgan fingerprint density at radius 1 is 0.798 bits per heavy atom. The number of hydrogen-bond acceptors (Lipinski definition) is 26. The van der Waals surface area contributed by atoms with E-state index in [4.69, 9.17) is 19.4 Å². The van der Waals surface area contributed by atoms with Gasteiger partial charge in [-0.1, -0.05) is 30.7 Å². The van der Waals surface area contributed by atoms with Gasteiger partial charge in [-0.2, -0.15) is 0 Å². The van der Waals surface area contributed by atoms with Gasteiger partial charge in [0.15, 0.2) is 11.5 Å². The van der Waals surface area contributed by atoms with Crippen molar-refractivity contribution in [2.45, 2.75) is 152 Å². The zero-order chi connectivity index (χ0) is 68.0. The Hall–Kier alpha value is -6.71. The number of ether oxygens (including phenoxy) is 2. The molecule has 0 radical (unpaired) electrons. The second kappa shape index (κ2) is 35.3. The summed E-state index contributed by atoms with van der Waals surface area (Å²) in [5.41, 5.74) is 7.43. The summed E-state index contributed by atoms with van der Waals surface area (Å²) in [6.07, 6.45) is -12.3. The fraction of sp³-hybridized carbons (Fsp3) is 0.525. The van der Waals surface area contributed by atoms with E-state index in [9.17, 15) is 84.5 Å². The molecule has 0 spiro atoms. The first-order chi connectivity index (χ1) is 44.2. The van der Waals surface area contributed by atoms with Gasteiger partial charge in [-0.25, -0.2) is 0 Å². The maximum Gasteiger partial charge on any atom is 1.00 e. The fourth-order valence-corrected chi connectivity index (χ4v) is 12.2. The van der Waals surface area contributed by atoms with Crippen molar-refractivity contribution in [2.24, 2.45) is 11.7 Å². The molecular weight excluding hydrogens is 1290 g/mol.